The molecule has 4 nitrogen and oxygen atoms in total. The summed E-state index contributed by atoms with van der Waals surface area (Å²) >= 11 is 0. The van der Waals surface area contributed by atoms with Crippen LogP contribution in [0.2, 0.25) is 0 Å². The Labute approximate surface area is 95.6 Å². The standard InChI is InChI=1S/C12H17NO3/c1-15-7-8-16-10-12(14)13-9-11-5-3-2-4-6-11/h2-6H,7-10H2,1H3,(H,13,14). The molecule has 0 heterocycles. The van der Waals surface area contributed by atoms with Crippen LogP contribution in [0.15, 0.2) is 30.3 Å². The highest BCUT2D eigenvalue weighted by Crippen LogP contribution is 1.96. The second-order valence-corrected chi connectivity index (χ2v) is 3.31. The molecule has 4 heteroatoms. The number of benzene rings is 1. The lowest BCUT2D eigenvalue weighted by Crippen LogP contribution is -2.27. The van der Waals surface area contributed by atoms with E-state index >= 15 is 0 Å². The lowest BCUT2D eigenvalue weighted by atomic mass is 10.2. The summed E-state index contributed by atoms with van der Waals surface area (Å²) < 4.78 is 9.88. The fourth-order valence-electron chi connectivity index (χ4n) is 1.15. The molecule has 1 N–H and O–H groups in total. The van der Waals surface area contributed by atoms with Gasteiger partial charge in [0.05, 0.1) is 13.2 Å². The van der Waals surface area contributed by atoms with Crippen molar-refractivity contribution < 1.29 is 14.3 Å². The van der Waals surface area contributed by atoms with Gasteiger partial charge in [-0.05, 0) is 5.56 Å². The molecule has 0 unspecified atom stereocenters. The third-order valence-electron chi connectivity index (χ3n) is 2.00. The van der Waals surface area contributed by atoms with Crippen molar-refractivity contribution in [1.82, 2.24) is 5.32 Å². The highest BCUT2D eigenvalue weighted by atomic mass is 16.5. The number of amides is 1. The van der Waals surface area contributed by atoms with Crippen molar-refractivity contribution in [2.75, 3.05) is 26.9 Å². The number of carbonyl (C=O) groups is 1. The zero-order valence-electron chi connectivity index (χ0n) is 9.44. The molecule has 1 rings (SSSR count). The van der Waals surface area contributed by atoms with Crippen molar-refractivity contribution in [3.63, 3.8) is 0 Å². The first-order chi connectivity index (χ1) is 7.83. The van der Waals surface area contributed by atoms with Crippen LogP contribution in [0.4, 0.5) is 0 Å². The number of hydrogen-bond acceptors (Lipinski definition) is 3. The van der Waals surface area contributed by atoms with E-state index in [1.165, 1.54) is 0 Å². The van der Waals surface area contributed by atoms with E-state index < -0.39 is 0 Å². The summed E-state index contributed by atoms with van der Waals surface area (Å²) in [5.74, 6) is -0.111. The predicted octanol–water partition coefficient (Wildman–Crippen LogP) is 0.966. The van der Waals surface area contributed by atoms with Gasteiger partial charge in [0, 0.05) is 13.7 Å². The fourth-order valence-corrected chi connectivity index (χ4v) is 1.15. The van der Waals surface area contributed by atoms with Gasteiger partial charge in [0.25, 0.3) is 0 Å². The van der Waals surface area contributed by atoms with Gasteiger partial charge < -0.3 is 14.8 Å². The first-order valence-corrected chi connectivity index (χ1v) is 5.20. The Bertz CT molecular complexity index is 300. The van der Waals surface area contributed by atoms with Gasteiger partial charge in [-0.1, -0.05) is 30.3 Å². The van der Waals surface area contributed by atoms with Crippen molar-refractivity contribution in [3.05, 3.63) is 35.9 Å². The van der Waals surface area contributed by atoms with Crippen LogP contribution in [0.3, 0.4) is 0 Å². The average Bonchev–Trinajstić information content (AvgIpc) is 2.33. The second-order valence-electron chi connectivity index (χ2n) is 3.31. The minimum absolute atomic E-state index is 0.0796. The Balaban J connectivity index is 2.11. The summed E-state index contributed by atoms with van der Waals surface area (Å²) in [7, 11) is 1.60. The number of methoxy groups -OCH3 is 1. The number of ether oxygens (including phenoxy) is 2. The van der Waals surface area contributed by atoms with Crippen LogP contribution in [0.1, 0.15) is 5.56 Å². The van der Waals surface area contributed by atoms with Gasteiger partial charge in [-0.2, -0.15) is 0 Å². The van der Waals surface area contributed by atoms with E-state index in [4.69, 9.17) is 9.47 Å². The maximum absolute atomic E-state index is 11.3. The van der Waals surface area contributed by atoms with E-state index in [-0.39, 0.29) is 12.5 Å². The minimum atomic E-state index is -0.111. The molecule has 0 aliphatic rings. The van der Waals surface area contributed by atoms with E-state index in [0.29, 0.717) is 19.8 Å². The van der Waals surface area contributed by atoms with Crippen molar-refractivity contribution >= 4 is 5.91 Å². The second kappa shape index (κ2) is 7.84. The topological polar surface area (TPSA) is 47.6 Å². The van der Waals surface area contributed by atoms with Crippen LogP contribution in [0.25, 0.3) is 0 Å². The van der Waals surface area contributed by atoms with Crippen LogP contribution >= 0.6 is 0 Å². The predicted molar refractivity (Wildman–Crippen MR) is 61.0 cm³/mol. The number of hydrogen-bond donors (Lipinski definition) is 1. The van der Waals surface area contributed by atoms with Gasteiger partial charge >= 0.3 is 0 Å². The normalized spacial score (nSPS) is 10.1. The van der Waals surface area contributed by atoms with E-state index in [9.17, 15) is 4.79 Å². The van der Waals surface area contributed by atoms with Crippen molar-refractivity contribution in [3.8, 4) is 0 Å². The number of nitrogens with one attached hydrogen (secondary N) is 1. The first-order valence-electron chi connectivity index (χ1n) is 5.20. The van der Waals surface area contributed by atoms with Crippen LogP contribution < -0.4 is 5.32 Å². The number of rotatable bonds is 7. The van der Waals surface area contributed by atoms with Crippen LogP contribution in [0.5, 0.6) is 0 Å². The maximum atomic E-state index is 11.3. The zero-order chi connectivity index (χ0) is 11.6. The third-order valence-corrected chi connectivity index (χ3v) is 2.00. The molecule has 0 aliphatic carbocycles. The zero-order valence-corrected chi connectivity index (χ0v) is 9.44. The highest BCUT2D eigenvalue weighted by molar-refractivity contribution is 5.77. The van der Waals surface area contributed by atoms with E-state index in [1.807, 2.05) is 30.3 Å². The van der Waals surface area contributed by atoms with Crippen molar-refractivity contribution in [1.29, 1.82) is 0 Å². The van der Waals surface area contributed by atoms with Gasteiger partial charge in [0.1, 0.15) is 6.61 Å². The smallest absolute Gasteiger partial charge is 0.246 e. The summed E-state index contributed by atoms with van der Waals surface area (Å²) in [6.07, 6.45) is 0. The quantitative estimate of drug-likeness (QED) is 0.700. The molecule has 0 fully saturated rings. The molecule has 0 aromatic heterocycles. The Kier molecular flexibility index (Phi) is 6.22. The average molecular weight is 223 g/mol. The molecule has 1 aromatic carbocycles. The molecule has 0 radical (unpaired) electrons. The maximum Gasteiger partial charge on any atom is 0.246 e. The van der Waals surface area contributed by atoms with Crippen molar-refractivity contribution in [2.24, 2.45) is 0 Å². The minimum Gasteiger partial charge on any atom is -0.382 e. The van der Waals surface area contributed by atoms with Crippen LogP contribution in [0, 0.1) is 0 Å². The Hall–Kier alpha value is -1.39. The molecular formula is C12H17NO3. The third kappa shape index (κ3) is 5.48. The number of carbonyl (C=O) groups excluding carboxylic acids is 1. The molecule has 0 bridgehead atoms. The van der Waals surface area contributed by atoms with E-state index in [1.54, 1.807) is 7.11 Å². The molecule has 0 aliphatic heterocycles. The van der Waals surface area contributed by atoms with Gasteiger partial charge in [-0.15, -0.1) is 0 Å². The molecule has 0 saturated carbocycles. The summed E-state index contributed by atoms with van der Waals surface area (Å²) in [5, 5.41) is 2.77. The SMILES string of the molecule is COCCOCC(=O)NCc1ccccc1. The molecule has 1 aromatic rings. The Morgan fingerprint density at radius 3 is 2.69 bits per heavy atom. The van der Waals surface area contributed by atoms with Gasteiger partial charge in [0.15, 0.2) is 0 Å². The van der Waals surface area contributed by atoms with Crippen LogP contribution in [-0.2, 0) is 20.8 Å². The molecule has 88 valence electrons. The summed E-state index contributed by atoms with van der Waals surface area (Å²) in [6, 6.07) is 9.75. The molecule has 1 amide bonds. The molecular weight excluding hydrogens is 206 g/mol. The first kappa shape index (κ1) is 12.7. The summed E-state index contributed by atoms with van der Waals surface area (Å²) in [4.78, 5) is 11.3. The van der Waals surface area contributed by atoms with Crippen LogP contribution in [-0.4, -0.2) is 32.8 Å². The lowest BCUT2D eigenvalue weighted by molar-refractivity contribution is -0.126. The highest BCUT2D eigenvalue weighted by Gasteiger charge is 2.00. The van der Waals surface area contributed by atoms with E-state index in [0.717, 1.165) is 5.56 Å². The lowest BCUT2D eigenvalue weighted by Gasteiger charge is -2.05. The summed E-state index contributed by atoms with van der Waals surface area (Å²) in [5.41, 5.74) is 1.08. The Morgan fingerprint density at radius 1 is 1.25 bits per heavy atom. The largest absolute Gasteiger partial charge is 0.382 e. The van der Waals surface area contributed by atoms with Crippen molar-refractivity contribution in [2.45, 2.75) is 6.54 Å². The fraction of sp³-hybridized carbons (Fsp3) is 0.417. The Morgan fingerprint density at radius 2 is 2.00 bits per heavy atom. The van der Waals surface area contributed by atoms with Gasteiger partial charge in [-0.25, -0.2) is 0 Å². The monoisotopic (exact) mass is 223 g/mol. The van der Waals surface area contributed by atoms with Gasteiger partial charge in [0.2, 0.25) is 5.91 Å². The molecule has 0 spiro atoms. The van der Waals surface area contributed by atoms with E-state index in [2.05, 4.69) is 5.32 Å². The molecule has 0 atom stereocenters. The molecule has 16 heavy (non-hydrogen) atoms. The molecule has 0 saturated heterocycles. The van der Waals surface area contributed by atoms with Gasteiger partial charge in [-0.3, -0.25) is 4.79 Å². The summed E-state index contributed by atoms with van der Waals surface area (Å²) in [6.45, 7) is 1.56.